The molecule has 0 saturated heterocycles. The molecule has 46 heavy (non-hydrogen) atoms. The second-order valence-corrected chi connectivity index (χ2v) is 12.0. The first kappa shape index (κ1) is 43.2. The van der Waals surface area contributed by atoms with Crippen LogP contribution < -0.4 is 5.73 Å². The third-order valence-electron chi connectivity index (χ3n) is 6.32. The summed E-state index contributed by atoms with van der Waals surface area (Å²) in [6, 6.07) is -1.53. The van der Waals surface area contributed by atoms with Crippen molar-refractivity contribution in [1.29, 1.82) is 0 Å². The largest absolute Gasteiger partial charge is 0.480 e. The summed E-state index contributed by atoms with van der Waals surface area (Å²) in [4.78, 5) is 45.4. The molecule has 0 aromatic heterocycles. The summed E-state index contributed by atoms with van der Waals surface area (Å²) >= 11 is 0. The lowest BCUT2D eigenvalue weighted by atomic mass is 10.1. The van der Waals surface area contributed by atoms with Gasteiger partial charge in [-0.3, -0.25) is 23.4 Å². The molecule has 0 aliphatic heterocycles. The van der Waals surface area contributed by atoms with E-state index in [1.165, 1.54) is 0 Å². The van der Waals surface area contributed by atoms with Gasteiger partial charge in [0.15, 0.2) is 6.10 Å². The molecule has 0 rings (SSSR count). The van der Waals surface area contributed by atoms with Crippen molar-refractivity contribution in [2.24, 2.45) is 5.73 Å². The van der Waals surface area contributed by atoms with E-state index in [0.717, 1.165) is 64.2 Å². The minimum Gasteiger partial charge on any atom is -0.480 e. The number of ether oxygens (including phenoxy) is 2. The third kappa shape index (κ3) is 28.6. The van der Waals surface area contributed by atoms with Gasteiger partial charge in [0.2, 0.25) is 0 Å². The number of phosphoric ester groups is 1. The fourth-order valence-corrected chi connectivity index (χ4v) is 4.52. The second-order valence-electron chi connectivity index (χ2n) is 10.6. The zero-order valence-corrected chi connectivity index (χ0v) is 28.5. The zero-order valence-electron chi connectivity index (χ0n) is 27.6. The van der Waals surface area contributed by atoms with Crippen molar-refractivity contribution in [3.05, 3.63) is 60.8 Å². The SMILES string of the molecule is CC/C=C/C=C/C=C/CCCCCCCC(=O)OC(COC(=O)CCCC/C=C/C/C=C/CC)COP(=O)(O)OC[C@H](N)C(=O)O. The van der Waals surface area contributed by atoms with Gasteiger partial charge in [0.25, 0.3) is 0 Å². The van der Waals surface area contributed by atoms with Crippen molar-refractivity contribution in [3.63, 3.8) is 0 Å². The Morgan fingerprint density at radius 1 is 0.696 bits per heavy atom. The van der Waals surface area contributed by atoms with E-state index in [2.05, 4.69) is 54.8 Å². The molecule has 0 aliphatic rings. The van der Waals surface area contributed by atoms with Gasteiger partial charge in [0.1, 0.15) is 12.6 Å². The van der Waals surface area contributed by atoms with E-state index in [9.17, 15) is 23.8 Å². The van der Waals surface area contributed by atoms with Gasteiger partial charge in [0, 0.05) is 12.8 Å². The van der Waals surface area contributed by atoms with Crippen LogP contribution in [-0.4, -0.2) is 59.9 Å². The van der Waals surface area contributed by atoms with Crippen molar-refractivity contribution in [2.45, 2.75) is 116 Å². The second kappa shape index (κ2) is 29.6. The number of unbranched alkanes of at least 4 members (excludes halogenated alkanes) is 7. The molecule has 0 aliphatic carbocycles. The molecule has 3 atom stereocenters. The van der Waals surface area contributed by atoms with Crippen LogP contribution in [-0.2, 0) is 37.5 Å². The summed E-state index contributed by atoms with van der Waals surface area (Å²) in [5.74, 6) is -2.47. The number of carboxylic acids is 1. The van der Waals surface area contributed by atoms with Crippen molar-refractivity contribution in [3.8, 4) is 0 Å². The highest BCUT2D eigenvalue weighted by Gasteiger charge is 2.28. The Morgan fingerprint density at radius 2 is 1.26 bits per heavy atom. The first-order valence-electron chi connectivity index (χ1n) is 16.3. The highest BCUT2D eigenvalue weighted by atomic mass is 31.2. The zero-order chi connectivity index (χ0) is 34.3. The number of carbonyl (C=O) groups is 3. The fraction of sp³-hybridized carbons (Fsp3) is 0.618. The van der Waals surface area contributed by atoms with Gasteiger partial charge in [-0.1, -0.05) is 93.9 Å². The summed E-state index contributed by atoms with van der Waals surface area (Å²) in [7, 11) is -4.72. The lowest BCUT2D eigenvalue weighted by Crippen LogP contribution is -2.34. The minimum atomic E-state index is -4.72. The Morgan fingerprint density at radius 3 is 1.98 bits per heavy atom. The van der Waals surface area contributed by atoms with E-state index >= 15 is 0 Å². The normalized spacial score (nSPS) is 14.9. The van der Waals surface area contributed by atoms with E-state index < -0.39 is 51.1 Å². The average Bonchev–Trinajstić information content (AvgIpc) is 3.02. The van der Waals surface area contributed by atoms with Gasteiger partial charge >= 0.3 is 25.7 Å². The van der Waals surface area contributed by atoms with Crippen LogP contribution in [0.25, 0.3) is 0 Å². The van der Waals surface area contributed by atoms with Crippen molar-refractivity contribution in [1.82, 2.24) is 0 Å². The minimum absolute atomic E-state index is 0.128. The first-order valence-corrected chi connectivity index (χ1v) is 17.8. The number of carboxylic acid groups (broad SMARTS) is 1. The van der Waals surface area contributed by atoms with E-state index in [-0.39, 0.29) is 19.4 Å². The summed E-state index contributed by atoms with van der Waals surface area (Å²) < 4.78 is 32.3. The number of carbonyl (C=O) groups excluding carboxylic acids is 2. The van der Waals surface area contributed by atoms with Crippen LogP contribution in [0.2, 0.25) is 0 Å². The Hall–Kier alpha value is -2.82. The number of hydrogen-bond acceptors (Lipinski definition) is 9. The number of hydrogen-bond donors (Lipinski definition) is 3. The molecule has 0 aromatic carbocycles. The van der Waals surface area contributed by atoms with Gasteiger partial charge in [0.05, 0.1) is 13.2 Å². The molecular weight excluding hydrogens is 613 g/mol. The van der Waals surface area contributed by atoms with E-state index in [1.807, 2.05) is 24.3 Å². The van der Waals surface area contributed by atoms with Crippen molar-refractivity contribution >= 4 is 25.7 Å². The van der Waals surface area contributed by atoms with Crippen LogP contribution >= 0.6 is 7.82 Å². The standard InChI is InChI=1S/C34H56NO10P/c1-3-5-7-9-11-13-14-15-16-18-20-22-24-26-33(37)45-30(28-43-46(40,41)44-29-31(35)34(38)39)27-42-32(36)25-23-21-19-17-12-10-8-6-4-2/h5-9,11-14,17,30-31H,3-4,10,15-16,18-29,35H2,1-2H3,(H,38,39)(H,40,41)/b7-5+,8-6+,11-9+,14-13+,17-12+/t30?,31-/m0/s1. The molecule has 0 amide bonds. The number of allylic oxidation sites excluding steroid dienone is 10. The van der Waals surface area contributed by atoms with Gasteiger partial charge in [-0.2, -0.15) is 0 Å². The van der Waals surface area contributed by atoms with Gasteiger partial charge in [-0.05, 0) is 57.8 Å². The molecule has 4 N–H and O–H groups in total. The Balaban J connectivity index is 4.61. The van der Waals surface area contributed by atoms with Crippen LogP contribution in [0, 0.1) is 0 Å². The summed E-state index contributed by atoms with van der Waals surface area (Å²) in [5.41, 5.74) is 5.29. The third-order valence-corrected chi connectivity index (χ3v) is 7.27. The molecule has 11 nitrogen and oxygen atoms in total. The number of esters is 2. The van der Waals surface area contributed by atoms with Crippen LogP contribution in [0.5, 0.6) is 0 Å². The van der Waals surface area contributed by atoms with Gasteiger partial charge in [-0.25, -0.2) is 4.57 Å². The Kier molecular flexibility index (Phi) is 27.8. The highest BCUT2D eigenvalue weighted by molar-refractivity contribution is 7.47. The fourth-order valence-electron chi connectivity index (χ4n) is 3.75. The molecule has 0 fully saturated rings. The molecule has 12 heteroatoms. The predicted octanol–water partition coefficient (Wildman–Crippen LogP) is 7.27. The van der Waals surface area contributed by atoms with E-state index in [0.29, 0.717) is 12.8 Å². The average molecular weight is 670 g/mol. The number of rotatable bonds is 29. The van der Waals surface area contributed by atoms with E-state index in [4.69, 9.17) is 24.8 Å². The lowest BCUT2D eigenvalue weighted by molar-refractivity contribution is -0.161. The van der Waals surface area contributed by atoms with Crippen LogP contribution in [0.4, 0.5) is 0 Å². The quantitative estimate of drug-likeness (QED) is 0.0240. The lowest BCUT2D eigenvalue weighted by Gasteiger charge is -2.20. The van der Waals surface area contributed by atoms with Gasteiger partial charge in [-0.15, -0.1) is 0 Å². The number of aliphatic carboxylic acids is 1. The number of nitrogens with two attached hydrogens (primary N) is 1. The molecule has 0 heterocycles. The monoisotopic (exact) mass is 669 g/mol. The van der Waals surface area contributed by atoms with Crippen molar-refractivity contribution < 1.29 is 47.5 Å². The molecule has 0 bridgehead atoms. The smallest absolute Gasteiger partial charge is 0.472 e. The molecule has 262 valence electrons. The van der Waals surface area contributed by atoms with E-state index in [1.54, 1.807) is 0 Å². The van der Waals surface area contributed by atoms with Crippen LogP contribution in [0.15, 0.2) is 60.8 Å². The highest BCUT2D eigenvalue weighted by Crippen LogP contribution is 2.43. The Labute approximate surface area is 275 Å². The summed E-state index contributed by atoms with van der Waals surface area (Å²) in [6.45, 7) is 2.42. The molecule has 0 spiro atoms. The summed E-state index contributed by atoms with van der Waals surface area (Å²) in [5, 5.41) is 8.82. The molecule has 2 unspecified atom stereocenters. The van der Waals surface area contributed by atoms with Gasteiger partial charge < -0.3 is 25.2 Å². The maximum Gasteiger partial charge on any atom is 0.472 e. The molecular formula is C34H56NO10P. The predicted molar refractivity (Wildman–Crippen MR) is 180 cm³/mol. The van der Waals surface area contributed by atoms with Crippen molar-refractivity contribution in [2.75, 3.05) is 19.8 Å². The van der Waals surface area contributed by atoms with Crippen LogP contribution in [0.3, 0.4) is 0 Å². The number of phosphoric acid groups is 1. The summed E-state index contributed by atoms with van der Waals surface area (Å²) in [6.07, 6.45) is 30.4. The first-order chi connectivity index (χ1) is 22.1. The molecule has 0 aromatic rings. The topological polar surface area (TPSA) is 172 Å². The van der Waals surface area contributed by atoms with Crippen LogP contribution in [0.1, 0.15) is 104 Å². The maximum absolute atomic E-state index is 12.5. The Bertz CT molecular complexity index is 1020. The molecule has 0 saturated carbocycles. The molecule has 0 radical (unpaired) electrons. The maximum atomic E-state index is 12.5.